The fraction of sp³-hybridized carbons (Fsp3) is 0.158. The molecule has 0 aliphatic carbocycles. The predicted molar refractivity (Wildman–Crippen MR) is 112 cm³/mol. The number of para-hydroxylation sites is 1. The van der Waals surface area contributed by atoms with Gasteiger partial charge in [-0.3, -0.25) is 9.59 Å². The topological polar surface area (TPSA) is 156 Å². The molecule has 0 unspecified atom stereocenters. The molecule has 0 fully saturated rings. The summed E-state index contributed by atoms with van der Waals surface area (Å²) in [5, 5.41) is 14.1. The molecule has 0 bridgehead atoms. The smallest absolute Gasteiger partial charge is 0.253 e. The molecule has 5 N–H and O–H groups in total. The lowest BCUT2D eigenvalue weighted by Crippen LogP contribution is -2.33. The first-order valence-corrected chi connectivity index (χ1v) is 10.5. The van der Waals surface area contributed by atoms with Gasteiger partial charge in [0.05, 0.1) is 16.0 Å². The fourth-order valence-corrected chi connectivity index (χ4v) is 3.18. The summed E-state index contributed by atoms with van der Waals surface area (Å²) in [6, 6.07) is 11.0. The Hall–Kier alpha value is -3.57. The number of anilines is 2. The van der Waals surface area contributed by atoms with E-state index in [-0.39, 0.29) is 29.2 Å². The predicted octanol–water partition coefficient (Wildman–Crippen LogP) is 0.887. The van der Waals surface area contributed by atoms with E-state index >= 15 is 0 Å². The van der Waals surface area contributed by atoms with Crippen molar-refractivity contribution in [3.8, 4) is 0 Å². The molecule has 10 nitrogen and oxygen atoms in total. The standard InChI is InChI=1S/C19H20N6O4S/c1-12(26)21-9-10-22-18(27)16-4-2-3-13-11-23-19(25-17(13)16)24-14-5-7-15(8-6-14)30(20,28)29/h2-8,11H,9-10H2,1H3,(H,21,26)(H,22,27)(H2,20,28,29)(H,23,24,25). The number of nitrogens with one attached hydrogen (secondary N) is 3. The van der Waals surface area contributed by atoms with Crippen molar-refractivity contribution in [1.82, 2.24) is 20.6 Å². The number of benzene rings is 2. The van der Waals surface area contributed by atoms with E-state index in [2.05, 4.69) is 25.9 Å². The molecule has 0 aliphatic rings. The van der Waals surface area contributed by atoms with E-state index in [0.29, 0.717) is 28.7 Å². The summed E-state index contributed by atoms with van der Waals surface area (Å²) >= 11 is 0. The van der Waals surface area contributed by atoms with Crippen molar-refractivity contribution in [2.24, 2.45) is 5.14 Å². The largest absolute Gasteiger partial charge is 0.355 e. The lowest BCUT2D eigenvalue weighted by Gasteiger charge is -2.10. The third-order valence-corrected chi connectivity index (χ3v) is 5.01. The summed E-state index contributed by atoms with van der Waals surface area (Å²) in [6.45, 7) is 2.00. The van der Waals surface area contributed by atoms with Crippen molar-refractivity contribution in [1.29, 1.82) is 0 Å². The number of sulfonamides is 1. The Morgan fingerprint density at radius 3 is 2.40 bits per heavy atom. The number of primary sulfonamides is 1. The minimum absolute atomic E-state index is 0.00861. The quantitative estimate of drug-likeness (QED) is 0.407. The van der Waals surface area contributed by atoms with Gasteiger partial charge in [0.25, 0.3) is 5.91 Å². The molecule has 1 aromatic heterocycles. The molecule has 0 spiro atoms. The fourth-order valence-electron chi connectivity index (χ4n) is 2.67. The van der Waals surface area contributed by atoms with Gasteiger partial charge >= 0.3 is 0 Å². The number of rotatable bonds is 7. The van der Waals surface area contributed by atoms with Crippen LogP contribution in [-0.2, 0) is 14.8 Å². The van der Waals surface area contributed by atoms with Crippen molar-refractivity contribution in [2.75, 3.05) is 18.4 Å². The van der Waals surface area contributed by atoms with Crippen LogP contribution >= 0.6 is 0 Å². The first kappa shape index (κ1) is 21.1. The second-order valence-corrected chi connectivity index (χ2v) is 7.93. The van der Waals surface area contributed by atoms with Gasteiger partial charge in [0.1, 0.15) is 0 Å². The molecule has 2 amide bonds. The van der Waals surface area contributed by atoms with Crippen LogP contribution in [-0.4, -0.2) is 43.3 Å². The Bertz CT molecular complexity index is 1200. The van der Waals surface area contributed by atoms with Crippen LogP contribution in [0, 0.1) is 0 Å². The molecule has 11 heteroatoms. The van der Waals surface area contributed by atoms with Crippen LogP contribution in [0.15, 0.2) is 53.6 Å². The zero-order chi connectivity index (χ0) is 21.7. The summed E-state index contributed by atoms with van der Waals surface area (Å²) in [7, 11) is -3.78. The highest BCUT2D eigenvalue weighted by molar-refractivity contribution is 7.89. The van der Waals surface area contributed by atoms with Crippen LogP contribution in [0.3, 0.4) is 0 Å². The van der Waals surface area contributed by atoms with Gasteiger partial charge in [-0.15, -0.1) is 0 Å². The Morgan fingerprint density at radius 2 is 1.73 bits per heavy atom. The minimum Gasteiger partial charge on any atom is -0.355 e. The third-order valence-electron chi connectivity index (χ3n) is 4.08. The average molecular weight is 428 g/mol. The highest BCUT2D eigenvalue weighted by Gasteiger charge is 2.13. The number of carbonyl (C=O) groups is 2. The van der Waals surface area contributed by atoms with Crippen molar-refractivity contribution in [3.05, 3.63) is 54.2 Å². The van der Waals surface area contributed by atoms with Gasteiger partial charge in [0, 0.05) is 37.3 Å². The van der Waals surface area contributed by atoms with Gasteiger partial charge in [0.2, 0.25) is 21.9 Å². The molecular formula is C19H20N6O4S. The second kappa shape index (κ2) is 8.84. The lowest BCUT2D eigenvalue weighted by atomic mass is 10.1. The molecule has 0 atom stereocenters. The SMILES string of the molecule is CC(=O)NCCNC(=O)c1cccc2cnc(Nc3ccc(S(N)(=O)=O)cc3)nc12. The number of carbonyl (C=O) groups excluding carboxylic acids is 2. The van der Waals surface area contributed by atoms with Crippen LogP contribution < -0.4 is 21.1 Å². The second-order valence-electron chi connectivity index (χ2n) is 6.37. The van der Waals surface area contributed by atoms with Gasteiger partial charge < -0.3 is 16.0 Å². The molecule has 0 saturated carbocycles. The van der Waals surface area contributed by atoms with Gasteiger partial charge in [-0.2, -0.15) is 0 Å². The average Bonchev–Trinajstić information content (AvgIpc) is 2.70. The number of hydrogen-bond acceptors (Lipinski definition) is 7. The van der Waals surface area contributed by atoms with Gasteiger partial charge in [-0.05, 0) is 30.3 Å². The van der Waals surface area contributed by atoms with Crippen LogP contribution in [0.25, 0.3) is 10.9 Å². The maximum atomic E-state index is 12.5. The number of nitrogens with two attached hydrogens (primary N) is 1. The van der Waals surface area contributed by atoms with E-state index in [1.54, 1.807) is 24.4 Å². The third kappa shape index (κ3) is 5.27. The molecule has 0 saturated heterocycles. The van der Waals surface area contributed by atoms with Gasteiger partial charge in [-0.1, -0.05) is 12.1 Å². The molecule has 156 valence electrons. The van der Waals surface area contributed by atoms with Gasteiger partial charge in [-0.25, -0.2) is 23.5 Å². The Kier molecular flexibility index (Phi) is 6.23. The van der Waals surface area contributed by atoms with E-state index in [4.69, 9.17) is 5.14 Å². The van der Waals surface area contributed by atoms with Crippen molar-refractivity contribution in [3.63, 3.8) is 0 Å². The van der Waals surface area contributed by atoms with Crippen molar-refractivity contribution >= 4 is 44.4 Å². The van der Waals surface area contributed by atoms with E-state index < -0.39 is 10.0 Å². The van der Waals surface area contributed by atoms with Gasteiger partial charge in [0.15, 0.2) is 0 Å². The first-order chi connectivity index (χ1) is 14.2. The monoisotopic (exact) mass is 428 g/mol. The molecule has 3 rings (SSSR count). The lowest BCUT2D eigenvalue weighted by molar-refractivity contribution is -0.118. The molecule has 0 aliphatic heterocycles. The van der Waals surface area contributed by atoms with Crippen LogP contribution in [0.5, 0.6) is 0 Å². The van der Waals surface area contributed by atoms with E-state index in [0.717, 1.165) is 0 Å². The van der Waals surface area contributed by atoms with Crippen LogP contribution in [0.2, 0.25) is 0 Å². The number of nitrogens with zero attached hydrogens (tertiary/aromatic N) is 2. The Morgan fingerprint density at radius 1 is 1.03 bits per heavy atom. The summed E-state index contributed by atoms with van der Waals surface area (Å²) in [4.78, 5) is 32.1. The Balaban J connectivity index is 1.80. The molecule has 30 heavy (non-hydrogen) atoms. The van der Waals surface area contributed by atoms with E-state index in [9.17, 15) is 18.0 Å². The Labute approximate surface area is 173 Å². The molecule has 2 aromatic carbocycles. The molecule has 3 aromatic rings. The van der Waals surface area contributed by atoms with Crippen molar-refractivity contribution in [2.45, 2.75) is 11.8 Å². The highest BCUT2D eigenvalue weighted by atomic mass is 32.2. The summed E-state index contributed by atoms with van der Waals surface area (Å²) in [5.41, 5.74) is 1.37. The van der Waals surface area contributed by atoms with E-state index in [1.165, 1.54) is 31.2 Å². The number of hydrogen-bond donors (Lipinski definition) is 4. The van der Waals surface area contributed by atoms with Crippen LogP contribution in [0.4, 0.5) is 11.6 Å². The maximum absolute atomic E-state index is 12.5. The zero-order valence-corrected chi connectivity index (χ0v) is 16.9. The highest BCUT2D eigenvalue weighted by Crippen LogP contribution is 2.20. The van der Waals surface area contributed by atoms with Crippen LogP contribution in [0.1, 0.15) is 17.3 Å². The van der Waals surface area contributed by atoms with E-state index in [1.807, 2.05) is 0 Å². The molecule has 1 heterocycles. The first-order valence-electron chi connectivity index (χ1n) is 8.92. The summed E-state index contributed by atoms with van der Waals surface area (Å²) in [5.74, 6) is -0.257. The normalized spacial score (nSPS) is 11.1. The molecule has 0 radical (unpaired) electrons. The minimum atomic E-state index is -3.78. The summed E-state index contributed by atoms with van der Waals surface area (Å²) < 4.78 is 22.7. The number of aromatic nitrogens is 2. The number of fused-ring (bicyclic) bond motifs is 1. The van der Waals surface area contributed by atoms with Crippen molar-refractivity contribution < 1.29 is 18.0 Å². The summed E-state index contributed by atoms with van der Waals surface area (Å²) in [6.07, 6.45) is 1.58. The number of amides is 2. The zero-order valence-electron chi connectivity index (χ0n) is 16.0. The molecular weight excluding hydrogens is 408 g/mol. The maximum Gasteiger partial charge on any atom is 0.253 e.